The van der Waals surface area contributed by atoms with Gasteiger partial charge in [0.05, 0.1) is 31.2 Å². The van der Waals surface area contributed by atoms with E-state index in [0.717, 1.165) is 37.5 Å². The van der Waals surface area contributed by atoms with E-state index in [4.69, 9.17) is 21.1 Å². The molecular formula is C28H38ClN3O6S. The number of benzene rings is 2. The fourth-order valence-corrected chi connectivity index (χ4v) is 5.97. The summed E-state index contributed by atoms with van der Waals surface area (Å²) in [7, 11) is -0.589. The van der Waals surface area contributed by atoms with Crippen molar-refractivity contribution < 1.29 is 27.5 Å². The molecule has 0 bridgehead atoms. The molecule has 3 rings (SSSR count). The summed E-state index contributed by atoms with van der Waals surface area (Å²) in [6, 6.07) is 11.5. The molecular weight excluding hydrogens is 542 g/mol. The van der Waals surface area contributed by atoms with Crippen molar-refractivity contribution in [3.8, 4) is 11.5 Å². The molecule has 9 nitrogen and oxygen atoms in total. The number of nitrogens with one attached hydrogen (secondary N) is 1. The molecule has 2 aromatic rings. The van der Waals surface area contributed by atoms with Crippen LogP contribution in [-0.4, -0.2) is 64.2 Å². The van der Waals surface area contributed by atoms with Gasteiger partial charge in [0.15, 0.2) is 0 Å². The number of hydrogen-bond acceptors (Lipinski definition) is 6. The van der Waals surface area contributed by atoms with Crippen LogP contribution in [0.4, 0.5) is 5.69 Å². The maximum atomic E-state index is 13.5. The second-order valence-corrected chi connectivity index (χ2v) is 12.1. The molecule has 2 amide bonds. The van der Waals surface area contributed by atoms with Crippen LogP contribution in [0.5, 0.6) is 11.5 Å². The largest absolute Gasteiger partial charge is 0.497 e. The lowest BCUT2D eigenvalue weighted by molar-refractivity contribution is -0.141. The third kappa shape index (κ3) is 8.50. The molecule has 0 heterocycles. The highest BCUT2D eigenvalue weighted by Crippen LogP contribution is 2.30. The predicted octanol–water partition coefficient (Wildman–Crippen LogP) is 4.38. The molecule has 0 spiro atoms. The standard InChI is InChI=1S/C28H38ClN3O6S/c1-20(28(34)30-22-10-5-6-11-22)31(19-21-9-7-12-24(17-21)37-2)27(33)13-8-16-32(39(4,35)36)23-14-15-26(38-3)25(29)18-23/h7,9,12,14-15,17-18,20,22H,5-6,8,10-11,13,16,19H2,1-4H3,(H,30,34). The maximum absolute atomic E-state index is 13.5. The third-order valence-corrected chi connectivity index (χ3v) is 8.42. The third-order valence-electron chi connectivity index (χ3n) is 6.93. The zero-order valence-corrected chi connectivity index (χ0v) is 24.6. The highest BCUT2D eigenvalue weighted by Gasteiger charge is 2.29. The van der Waals surface area contributed by atoms with Crippen molar-refractivity contribution >= 4 is 39.1 Å². The molecule has 1 fully saturated rings. The lowest BCUT2D eigenvalue weighted by Crippen LogP contribution is -2.49. The van der Waals surface area contributed by atoms with E-state index in [9.17, 15) is 18.0 Å². The number of nitrogens with zero attached hydrogens (tertiary/aromatic N) is 2. The maximum Gasteiger partial charge on any atom is 0.242 e. The number of amides is 2. The smallest absolute Gasteiger partial charge is 0.242 e. The number of carbonyl (C=O) groups is 2. The van der Waals surface area contributed by atoms with Crippen LogP contribution in [0.1, 0.15) is 51.0 Å². The Bertz CT molecular complexity index is 1250. The first kappa shape index (κ1) is 30.6. The van der Waals surface area contributed by atoms with Gasteiger partial charge in [-0.15, -0.1) is 0 Å². The Balaban J connectivity index is 1.74. The van der Waals surface area contributed by atoms with Crippen molar-refractivity contribution in [2.24, 2.45) is 0 Å². The highest BCUT2D eigenvalue weighted by atomic mass is 35.5. The molecule has 0 aliphatic heterocycles. The molecule has 214 valence electrons. The molecule has 1 saturated carbocycles. The van der Waals surface area contributed by atoms with Crippen molar-refractivity contribution in [2.75, 3.05) is 31.3 Å². The van der Waals surface area contributed by atoms with E-state index in [-0.39, 0.29) is 48.8 Å². The zero-order valence-electron chi connectivity index (χ0n) is 23.0. The van der Waals surface area contributed by atoms with E-state index in [1.807, 2.05) is 24.3 Å². The first-order valence-electron chi connectivity index (χ1n) is 13.1. The topological polar surface area (TPSA) is 105 Å². The number of carbonyl (C=O) groups excluding carboxylic acids is 2. The van der Waals surface area contributed by atoms with Gasteiger partial charge < -0.3 is 19.7 Å². The van der Waals surface area contributed by atoms with E-state index in [2.05, 4.69) is 5.32 Å². The van der Waals surface area contributed by atoms with E-state index in [1.165, 1.54) is 17.5 Å². The van der Waals surface area contributed by atoms with Crippen LogP contribution < -0.4 is 19.1 Å². The molecule has 1 unspecified atom stereocenters. The quantitative estimate of drug-likeness (QED) is 0.378. The van der Waals surface area contributed by atoms with Crippen LogP contribution in [0, 0.1) is 0 Å². The summed E-state index contributed by atoms with van der Waals surface area (Å²) in [5.74, 6) is 0.656. The van der Waals surface area contributed by atoms with Crippen LogP contribution in [0.2, 0.25) is 5.02 Å². The first-order valence-corrected chi connectivity index (χ1v) is 15.3. The number of halogens is 1. The first-order chi connectivity index (χ1) is 18.5. The molecule has 39 heavy (non-hydrogen) atoms. The van der Waals surface area contributed by atoms with Crippen molar-refractivity contribution in [2.45, 2.75) is 64.1 Å². The van der Waals surface area contributed by atoms with Gasteiger partial charge >= 0.3 is 0 Å². The summed E-state index contributed by atoms with van der Waals surface area (Å²) in [5, 5.41) is 3.37. The monoisotopic (exact) mass is 579 g/mol. The van der Waals surface area contributed by atoms with Crippen molar-refractivity contribution in [1.29, 1.82) is 0 Å². The molecule has 0 radical (unpaired) electrons. The van der Waals surface area contributed by atoms with Crippen LogP contribution in [-0.2, 0) is 26.2 Å². The number of hydrogen-bond donors (Lipinski definition) is 1. The zero-order chi connectivity index (χ0) is 28.6. The Morgan fingerprint density at radius 1 is 1.10 bits per heavy atom. The fraction of sp³-hybridized carbons (Fsp3) is 0.500. The van der Waals surface area contributed by atoms with Gasteiger partial charge in [-0.05, 0) is 62.1 Å². The molecule has 0 saturated heterocycles. The summed E-state index contributed by atoms with van der Waals surface area (Å²) in [6.45, 7) is 2.02. The highest BCUT2D eigenvalue weighted by molar-refractivity contribution is 7.92. The number of anilines is 1. The van der Waals surface area contributed by atoms with Crippen LogP contribution >= 0.6 is 11.6 Å². The number of methoxy groups -OCH3 is 2. The lowest BCUT2D eigenvalue weighted by atomic mass is 10.1. The summed E-state index contributed by atoms with van der Waals surface area (Å²) >= 11 is 6.22. The molecule has 2 aromatic carbocycles. The predicted molar refractivity (Wildman–Crippen MR) is 153 cm³/mol. The number of sulfonamides is 1. The van der Waals surface area contributed by atoms with Gasteiger partial charge in [0, 0.05) is 25.6 Å². The van der Waals surface area contributed by atoms with Gasteiger partial charge in [-0.3, -0.25) is 13.9 Å². The molecule has 11 heteroatoms. The average molecular weight is 580 g/mol. The molecule has 1 aliphatic carbocycles. The van der Waals surface area contributed by atoms with Gasteiger partial charge in [0.1, 0.15) is 17.5 Å². The minimum atomic E-state index is -3.64. The molecule has 1 aliphatic rings. The molecule has 1 atom stereocenters. The Labute approximate surface area is 236 Å². The van der Waals surface area contributed by atoms with Crippen LogP contribution in [0.3, 0.4) is 0 Å². The van der Waals surface area contributed by atoms with Gasteiger partial charge in [-0.25, -0.2) is 8.42 Å². The van der Waals surface area contributed by atoms with E-state index in [0.29, 0.717) is 17.2 Å². The second kappa shape index (κ2) is 13.9. The summed E-state index contributed by atoms with van der Waals surface area (Å²) in [5.41, 5.74) is 1.21. The molecule has 0 aromatic heterocycles. The Morgan fingerprint density at radius 3 is 2.44 bits per heavy atom. The lowest BCUT2D eigenvalue weighted by Gasteiger charge is -2.30. The van der Waals surface area contributed by atoms with Gasteiger partial charge in [0.25, 0.3) is 0 Å². The summed E-state index contributed by atoms with van der Waals surface area (Å²) in [4.78, 5) is 28.2. The summed E-state index contributed by atoms with van der Waals surface area (Å²) in [6.07, 6.45) is 5.47. The van der Waals surface area contributed by atoms with E-state index in [1.54, 1.807) is 31.1 Å². The minimum absolute atomic E-state index is 0.0565. The number of ether oxygens (including phenoxy) is 2. The number of rotatable bonds is 13. The van der Waals surface area contributed by atoms with Crippen molar-refractivity contribution in [3.63, 3.8) is 0 Å². The van der Waals surface area contributed by atoms with Crippen molar-refractivity contribution in [1.82, 2.24) is 10.2 Å². The Hall–Kier alpha value is -2.98. The SMILES string of the molecule is COc1cccc(CN(C(=O)CCCN(c2ccc(OC)c(Cl)c2)S(C)(=O)=O)C(C)C(=O)NC2CCCC2)c1. The van der Waals surface area contributed by atoms with Crippen molar-refractivity contribution in [3.05, 3.63) is 53.1 Å². The second-order valence-electron chi connectivity index (χ2n) is 9.80. The van der Waals surface area contributed by atoms with E-state index < -0.39 is 16.1 Å². The normalized spacial score (nSPS) is 14.5. The van der Waals surface area contributed by atoms with Crippen LogP contribution in [0.15, 0.2) is 42.5 Å². The average Bonchev–Trinajstić information content (AvgIpc) is 3.41. The van der Waals surface area contributed by atoms with E-state index >= 15 is 0 Å². The summed E-state index contributed by atoms with van der Waals surface area (Å²) < 4.78 is 36.8. The Kier molecular flexibility index (Phi) is 10.9. The fourth-order valence-electron chi connectivity index (χ4n) is 4.76. The Morgan fingerprint density at radius 2 is 1.82 bits per heavy atom. The minimum Gasteiger partial charge on any atom is -0.497 e. The van der Waals surface area contributed by atoms with Crippen LogP contribution in [0.25, 0.3) is 0 Å². The van der Waals surface area contributed by atoms with Gasteiger partial charge in [-0.1, -0.05) is 36.6 Å². The van der Waals surface area contributed by atoms with Gasteiger partial charge in [-0.2, -0.15) is 0 Å². The molecule has 1 N–H and O–H groups in total. The van der Waals surface area contributed by atoms with Gasteiger partial charge in [0.2, 0.25) is 21.8 Å².